The van der Waals surface area contributed by atoms with Gasteiger partial charge in [0.05, 0.1) is 0 Å². The van der Waals surface area contributed by atoms with Crippen molar-refractivity contribution < 1.29 is 4.39 Å². The summed E-state index contributed by atoms with van der Waals surface area (Å²) in [6.45, 7) is 0. The molecule has 5 rings (SSSR count). The summed E-state index contributed by atoms with van der Waals surface area (Å²) in [4.78, 5) is 0. The molecule has 1 aliphatic heterocycles. The first-order valence-electron chi connectivity index (χ1n) is 8.30. The number of halogens is 1. The van der Waals surface area contributed by atoms with Crippen LogP contribution in [0.2, 0.25) is 0 Å². The Balaban J connectivity index is 1.70. The number of nitrogens with zero attached hydrogens (tertiary/aromatic N) is 4. The second-order valence-corrected chi connectivity index (χ2v) is 6.17. The number of anilines is 1. The lowest BCUT2D eigenvalue weighted by Crippen LogP contribution is -2.20. The normalized spacial score (nSPS) is 16.0. The number of benzene rings is 3. The Labute approximate surface area is 148 Å². The van der Waals surface area contributed by atoms with Crippen LogP contribution < -0.4 is 5.32 Å². The quantitative estimate of drug-likeness (QED) is 0.597. The van der Waals surface area contributed by atoms with Gasteiger partial charge in [0.25, 0.3) is 0 Å². The van der Waals surface area contributed by atoms with E-state index in [-0.39, 0.29) is 11.9 Å². The molecular weight excluding hydrogens is 329 g/mol. The molecule has 0 unspecified atom stereocenters. The smallest absolute Gasteiger partial charge is 0.248 e. The van der Waals surface area contributed by atoms with Gasteiger partial charge in [0, 0.05) is 5.70 Å². The Hall–Kier alpha value is -3.54. The zero-order valence-electron chi connectivity index (χ0n) is 13.7. The number of tetrazole rings is 1. The lowest BCUT2D eigenvalue weighted by Gasteiger charge is -2.24. The first kappa shape index (κ1) is 14.8. The third kappa shape index (κ3) is 2.35. The molecular formula is C20H14FN5. The summed E-state index contributed by atoms with van der Waals surface area (Å²) in [5.41, 5.74) is 2.84. The van der Waals surface area contributed by atoms with Crippen LogP contribution in [0.5, 0.6) is 0 Å². The zero-order chi connectivity index (χ0) is 17.5. The minimum atomic E-state index is -0.263. The van der Waals surface area contributed by atoms with E-state index in [4.69, 9.17) is 0 Å². The van der Waals surface area contributed by atoms with Crippen LogP contribution in [0.3, 0.4) is 0 Å². The van der Waals surface area contributed by atoms with Crippen molar-refractivity contribution in [3.63, 3.8) is 0 Å². The highest BCUT2D eigenvalue weighted by molar-refractivity contribution is 5.87. The molecule has 26 heavy (non-hydrogen) atoms. The maximum Gasteiger partial charge on any atom is 0.248 e. The second kappa shape index (κ2) is 5.77. The lowest BCUT2D eigenvalue weighted by atomic mass is 9.96. The Morgan fingerprint density at radius 1 is 0.923 bits per heavy atom. The van der Waals surface area contributed by atoms with Crippen molar-refractivity contribution >= 4 is 22.4 Å². The van der Waals surface area contributed by atoms with Gasteiger partial charge in [-0.25, -0.2) is 4.39 Å². The fourth-order valence-corrected chi connectivity index (χ4v) is 3.38. The second-order valence-electron chi connectivity index (χ2n) is 6.17. The molecule has 1 atom stereocenters. The molecule has 1 aromatic heterocycles. The van der Waals surface area contributed by atoms with Crippen LogP contribution in [0.1, 0.15) is 17.2 Å². The molecule has 126 valence electrons. The first-order valence-corrected chi connectivity index (χ1v) is 8.30. The minimum Gasteiger partial charge on any atom is -0.323 e. The number of rotatable bonds is 2. The molecule has 0 bridgehead atoms. The first-order chi connectivity index (χ1) is 12.8. The maximum atomic E-state index is 13.3. The predicted octanol–water partition coefficient (Wildman–Crippen LogP) is 4.02. The Kier molecular flexibility index (Phi) is 3.28. The summed E-state index contributed by atoms with van der Waals surface area (Å²) < 4.78 is 15.0. The molecule has 0 spiro atoms. The van der Waals surface area contributed by atoms with Gasteiger partial charge in [-0.3, -0.25) is 0 Å². The van der Waals surface area contributed by atoms with Gasteiger partial charge in [0.2, 0.25) is 5.95 Å². The highest BCUT2D eigenvalue weighted by atomic mass is 19.1. The predicted molar refractivity (Wildman–Crippen MR) is 97.9 cm³/mol. The molecule has 2 heterocycles. The standard InChI is InChI=1S/C20H14FN5/c21-15-10-8-14(9-11-15)18-12-19(26-20(22-18)23-24-25-26)17-7-3-5-13-4-1-2-6-16(13)17/h1-12,19H,(H,22,23,25)/t19-/m0/s1. The zero-order valence-corrected chi connectivity index (χ0v) is 13.7. The van der Waals surface area contributed by atoms with Gasteiger partial charge in [0.1, 0.15) is 11.9 Å². The van der Waals surface area contributed by atoms with Gasteiger partial charge >= 0.3 is 0 Å². The SMILES string of the molecule is Fc1ccc(C2=C[C@@H](c3cccc4ccccc34)n3nnnc3N2)cc1. The minimum absolute atomic E-state index is 0.160. The van der Waals surface area contributed by atoms with Crippen molar-refractivity contribution in [3.8, 4) is 0 Å². The number of hydrogen-bond donors (Lipinski definition) is 1. The summed E-state index contributed by atoms with van der Waals surface area (Å²) in [5, 5.41) is 17.6. The molecule has 0 amide bonds. The Morgan fingerprint density at radius 2 is 1.73 bits per heavy atom. The fourth-order valence-electron chi connectivity index (χ4n) is 3.38. The van der Waals surface area contributed by atoms with Crippen LogP contribution >= 0.6 is 0 Å². The molecule has 4 aromatic rings. The van der Waals surface area contributed by atoms with E-state index in [1.807, 2.05) is 18.2 Å². The van der Waals surface area contributed by atoms with Crippen LogP contribution in [0, 0.1) is 5.82 Å². The number of fused-ring (bicyclic) bond motifs is 2. The molecule has 0 fully saturated rings. The van der Waals surface area contributed by atoms with E-state index in [0.717, 1.165) is 27.6 Å². The summed E-state index contributed by atoms with van der Waals surface area (Å²) in [5.74, 6) is 0.297. The Bertz CT molecular complexity index is 1130. The van der Waals surface area contributed by atoms with E-state index < -0.39 is 0 Å². The van der Waals surface area contributed by atoms with E-state index in [9.17, 15) is 4.39 Å². The van der Waals surface area contributed by atoms with E-state index in [0.29, 0.717) is 5.95 Å². The average Bonchev–Trinajstić information content (AvgIpc) is 3.16. The number of nitrogens with one attached hydrogen (secondary N) is 1. The van der Waals surface area contributed by atoms with E-state index >= 15 is 0 Å². The van der Waals surface area contributed by atoms with Crippen molar-refractivity contribution in [2.24, 2.45) is 0 Å². The van der Waals surface area contributed by atoms with Gasteiger partial charge in [0.15, 0.2) is 0 Å². The Morgan fingerprint density at radius 3 is 2.62 bits per heavy atom. The molecule has 6 heteroatoms. The van der Waals surface area contributed by atoms with E-state index in [1.165, 1.54) is 12.1 Å². The van der Waals surface area contributed by atoms with E-state index in [1.54, 1.807) is 16.8 Å². The van der Waals surface area contributed by atoms with Gasteiger partial charge in [-0.05, 0) is 62.7 Å². The monoisotopic (exact) mass is 343 g/mol. The van der Waals surface area contributed by atoms with Crippen molar-refractivity contribution in [2.75, 3.05) is 5.32 Å². The third-order valence-electron chi connectivity index (χ3n) is 4.62. The van der Waals surface area contributed by atoms with Crippen LogP contribution in [-0.4, -0.2) is 20.2 Å². The maximum absolute atomic E-state index is 13.3. The highest BCUT2D eigenvalue weighted by Gasteiger charge is 2.25. The van der Waals surface area contributed by atoms with Crippen molar-refractivity contribution in [2.45, 2.75) is 6.04 Å². The summed E-state index contributed by atoms with van der Waals surface area (Å²) in [6, 6.07) is 20.7. The average molecular weight is 343 g/mol. The molecule has 0 radical (unpaired) electrons. The molecule has 5 nitrogen and oxygen atoms in total. The number of hydrogen-bond acceptors (Lipinski definition) is 4. The molecule has 3 aromatic carbocycles. The fraction of sp³-hybridized carbons (Fsp3) is 0.0500. The summed E-state index contributed by atoms with van der Waals surface area (Å²) in [7, 11) is 0. The number of allylic oxidation sites excluding steroid dienone is 1. The summed E-state index contributed by atoms with van der Waals surface area (Å²) in [6.07, 6.45) is 2.07. The van der Waals surface area contributed by atoms with Crippen LogP contribution in [0.25, 0.3) is 16.5 Å². The van der Waals surface area contributed by atoms with Crippen LogP contribution in [0.15, 0.2) is 72.8 Å². The van der Waals surface area contributed by atoms with Gasteiger partial charge < -0.3 is 5.32 Å². The number of aromatic nitrogens is 4. The van der Waals surface area contributed by atoms with Crippen LogP contribution in [0.4, 0.5) is 10.3 Å². The van der Waals surface area contributed by atoms with Gasteiger partial charge in [-0.2, -0.15) is 4.68 Å². The van der Waals surface area contributed by atoms with Crippen molar-refractivity contribution in [1.29, 1.82) is 0 Å². The topological polar surface area (TPSA) is 55.6 Å². The molecule has 1 N–H and O–H groups in total. The summed E-state index contributed by atoms with van der Waals surface area (Å²) >= 11 is 0. The molecule has 0 aliphatic carbocycles. The van der Waals surface area contributed by atoms with Crippen molar-refractivity contribution in [3.05, 3.63) is 89.8 Å². The highest BCUT2D eigenvalue weighted by Crippen LogP contribution is 2.34. The molecule has 1 aliphatic rings. The largest absolute Gasteiger partial charge is 0.323 e. The van der Waals surface area contributed by atoms with E-state index in [2.05, 4.69) is 51.2 Å². The van der Waals surface area contributed by atoms with Crippen molar-refractivity contribution in [1.82, 2.24) is 20.2 Å². The lowest BCUT2D eigenvalue weighted by molar-refractivity contribution is 0.588. The third-order valence-corrected chi connectivity index (χ3v) is 4.62. The molecule has 0 saturated carbocycles. The van der Waals surface area contributed by atoms with Gasteiger partial charge in [-0.1, -0.05) is 47.6 Å². The molecule has 0 saturated heterocycles. The van der Waals surface area contributed by atoms with Crippen LogP contribution in [-0.2, 0) is 0 Å². The van der Waals surface area contributed by atoms with Gasteiger partial charge in [-0.15, -0.1) is 0 Å².